The molecule has 0 aliphatic carbocycles. The lowest BCUT2D eigenvalue weighted by Crippen LogP contribution is -2.22. The fourth-order valence-corrected chi connectivity index (χ4v) is 3.11. The monoisotopic (exact) mass is 332 g/mol. The molecule has 0 bridgehead atoms. The zero-order valence-electron chi connectivity index (χ0n) is 13.7. The summed E-state index contributed by atoms with van der Waals surface area (Å²) < 4.78 is 5.09. The molecule has 0 unspecified atom stereocenters. The van der Waals surface area contributed by atoms with E-state index in [9.17, 15) is 9.59 Å². The fraction of sp³-hybridized carbons (Fsp3) is 0.353. The number of hydrogen-bond acceptors (Lipinski definition) is 5. The molecule has 0 atom stereocenters. The number of thiazole rings is 1. The maximum absolute atomic E-state index is 12.1. The molecule has 0 saturated carbocycles. The number of esters is 1. The van der Waals surface area contributed by atoms with Crippen molar-refractivity contribution in [2.45, 2.75) is 34.1 Å². The Bertz CT molecular complexity index is 737. The first-order chi connectivity index (χ1) is 10.9. The second kappa shape index (κ2) is 7.37. The molecule has 0 aliphatic rings. The third kappa shape index (κ3) is 4.16. The zero-order chi connectivity index (χ0) is 17.0. The van der Waals surface area contributed by atoms with Crippen molar-refractivity contribution in [3.63, 3.8) is 0 Å². The van der Waals surface area contributed by atoms with E-state index in [1.807, 2.05) is 39.0 Å². The molecular weight excluding hydrogens is 312 g/mol. The lowest BCUT2D eigenvalue weighted by molar-refractivity contribution is -0.119. The van der Waals surface area contributed by atoms with E-state index in [-0.39, 0.29) is 12.5 Å². The summed E-state index contributed by atoms with van der Waals surface area (Å²) in [5.74, 6) is -0.856. The number of carbonyl (C=O) groups is 2. The highest BCUT2D eigenvalue weighted by molar-refractivity contribution is 7.13. The first kappa shape index (κ1) is 17.1. The standard InChI is InChI=1S/C17H20N2O3S/c1-5-13-8-6-7-10(2)15(13)19-14(20)9-22-17(21)16-11(3)18-12(4)23-16/h6-8H,5,9H2,1-4H3,(H,19,20). The summed E-state index contributed by atoms with van der Waals surface area (Å²) in [7, 11) is 0. The van der Waals surface area contributed by atoms with E-state index >= 15 is 0 Å². The average Bonchev–Trinajstić information content (AvgIpc) is 2.85. The number of amides is 1. The Labute approximate surface area is 139 Å². The highest BCUT2D eigenvalue weighted by atomic mass is 32.1. The number of nitrogens with one attached hydrogen (secondary N) is 1. The Morgan fingerprint density at radius 2 is 2.00 bits per heavy atom. The summed E-state index contributed by atoms with van der Waals surface area (Å²) in [5.41, 5.74) is 3.46. The van der Waals surface area contributed by atoms with Gasteiger partial charge in [-0.1, -0.05) is 25.1 Å². The fourth-order valence-electron chi connectivity index (χ4n) is 2.29. The summed E-state index contributed by atoms with van der Waals surface area (Å²) >= 11 is 1.27. The van der Waals surface area contributed by atoms with E-state index in [4.69, 9.17) is 4.74 Å². The Hall–Kier alpha value is -2.21. The van der Waals surface area contributed by atoms with Gasteiger partial charge in [-0.15, -0.1) is 11.3 Å². The van der Waals surface area contributed by atoms with Gasteiger partial charge in [0.2, 0.25) is 0 Å². The highest BCUT2D eigenvalue weighted by Crippen LogP contribution is 2.21. The van der Waals surface area contributed by atoms with Crippen LogP contribution in [0, 0.1) is 20.8 Å². The lowest BCUT2D eigenvalue weighted by atomic mass is 10.1. The van der Waals surface area contributed by atoms with Gasteiger partial charge in [-0.3, -0.25) is 4.79 Å². The molecule has 1 aromatic heterocycles. The summed E-state index contributed by atoms with van der Waals surface area (Å²) in [6, 6.07) is 5.86. The van der Waals surface area contributed by atoms with Crippen LogP contribution in [0.15, 0.2) is 18.2 Å². The molecule has 122 valence electrons. The van der Waals surface area contributed by atoms with Crippen LogP contribution in [0.3, 0.4) is 0 Å². The van der Waals surface area contributed by atoms with Crippen molar-refractivity contribution in [3.8, 4) is 0 Å². The van der Waals surface area contributed by atoms with Gasteiger partial charge in [0.1, 0.15) is 4.88 Å². The normalized spacial score (nSPS) is 10.4. The van der Waals surface area contributed by atoms with Gasteiger partial charge in [0, 0.05) is 5.69 Å². The number of nitrogens with zero attached hydrogens (tertiary/aromatic N) is 1. The number of aryl methyl sites for hydroxylation is 4. The molecule has 2 aromatic rings. The summed E-state index contributed by atoms with van der Waals surface area (Å²) in [5, 5.41) is 3.63. The van der Waals surface area contributed by atoms with E-state index in [0.717, 1.165) is 28.2 Å². The molecule has 1 amide bonds. The van der Waals surface area contributed by atoms with Crippen LogP contribution in [-0.2, 0) is 16.0 Å². The van der Waals surface area contributed by atoms with Crippen LogP contribution >= 0.6 is 11.3 Å². The van der Waals surface area contributed by atoms with Crippen LogP contribution in [0.1, 0.15) is 38.4 Å². The predicted octanol–water partition coefficient (Wildman–Crippen LogP) is 3.43. The number of anilines is 1. The number of aromatic nitrogens is 1. The van der Waals surface area contributed by atoms with Crippen LogP contribution in [0.2, 0.25) is 0 Å². The van der Waals surface area contributed by atoms with Crippen LogP contribution in [0.4, 0.5) is 5.69 Å². The number of ether oxygens (including phenoxy) is 1. The maximum atomic E-state index is 12.1. The number of benzene rings is 1. The number of para-hydroxylation sites is 1. The Kier molecular flexibility index (Phi) is 5.50. The van der Waals surface area contributed by atoms with Crippen molar-refractivity contribution < 1.29 is 14.3 Å². The topological polar surface area (TPSA) is 68.3 Å². The molecule has 0 radical (unpaired) electrons. The predicted molar refractivity (Wildman–Crippen MR) is 91.1 cm³/mol. The molecule has 6 heteroatoms. The van der Waals surface area contributed by atoms with Crippen LogP contribution < -0.4 is 5.32 Å². The molecule has 1 aromatic carbocycles. The molecule has 1 N–H and O–H groups in total. The number of hydrogen-bond donors (Lipinski definition) is 1. The summed E-state index contributed by atoms with van der Waals surface area (Å²) in [4.78, 5) is 28.7. The smallest absolute Gasteiger partial charge is 0.350 e. The van der Waals surface area contributed by atoms with Crippen molar-refractivity contribution in [1.82, 2.24) is 4.98 Å². The molecule has 0 spiro atoms. The number of rotatable bonds is 5. The minimum atomic E-state index is -0.510. The van der Waals surface area contributed by atoms with Gasteiger partial charge in [0.25, 0.3) is 5.91 Å². The molecule has 2 rings (SSSR count). The average molecular weight is 332 g/mol. The molecule has 5 nitrogen and oxygen atoms in total. The van der Waals surface area contributed by atoms with Gasteiger partial charge in [-0.25, -0.2) is 9.78 Å². The largest absolute Gasteiger partial charge is 0.451 e. The van der Waals surface area contributed by atoms with E-state index in [0.29, 0.717) is 10.6 Å². The van der Waals surface area contributed by atoms with Gasteiger partial charge < -0.3 is 10.1 Å². The number of carbonyl (C=O) groups excluding carboxylic acids is 2. The maximum Gasteiger partial charge on any atom is 0.350 e. The molecule has 0 saturated heterocycles. The Balaban J connectivity index is 1.98. The first-order valence-electron chi connectivity index (χ1n) is 7.41. The second-order valence-corrected chi connectivity index (χ2v) is 6.44. The minimum Gasteiger partial charge on any atom is -0.451 e. The van der Waals surface area contributed by atoms with E-state index in [1.165, 1.54) is 11.3 Å². The molecular formula is C17H20N2O3S. The quantitative estimate of drug-likeness (QED) is 0.852. The van der Waals surface area contributed by atoms with E-state index < -0.39 is 5.97 Å². The Morgan fingerprint density at radius 1 is 1.26 bits per heavy atom. The molecule has 0 aliphatic heterocycles. The van der Waals surface area contributed by atoms with Crippen molar-refractivity contribution >= 4 is 28.9 Å². The molecule has 1 heterocycles. The van der Waals surface area contributed by atoms with Crippen LogP contribution in [0.25, 0.3) is 0 Å². The van der Waals surface area contributed by atoms with Gasteiger partial charge in [-0.05, 0) is 38.3 Å². The molecule has 0 fully saturated rings. The van der Waals surface area contributed by atoms with Gasteiger partial charge >= 0.3 is 5.97 Å². The third-order valence-corrected chi connectivity index (χ3v) is 4.48. The molecule has 23 heavy (non-hydrogen) atoms. The summed E-state index contributed by atoms with van der Waals surface area (Å²) in [6.45, 7) is 7.23. The van der Waals surface area contributed by atoms with Gasteiger partial charge in [0.05, 0.1) is 10.7 Å². The Morgan fingerprint density at radius 3 is 2.61 bits per heavy atom. The van der Waals surface area contributed by atoms with Gasteiger partial charge in [-0.2, -0.15) is 0 Å². The minimum absolute atomic E-state index is 0.313. The van der Waals surface area contributed by atoms with Crippen molar-refractivity contribution in [3.05, 3.63) is 44.9 Å². The SMILES string of the molecule is CCc1cccc(C)c1NC(=O)COC(=O)c1sc(C)nc1C. The van der Waals surface area contributed by atoms with Crippen LogP contribution in [0.5, 0.6) is 0 Å². The zero-order valence-corrected chi connectivity index (χ0v) is 14.5. The van der Waals surface area contributed by atoms with Crippen molar-refractivity contribution in [1.29, 1.82) is 0 Å². The third-order valence-electron chi connectivity index (χ3n) is 3.43. The van der Waals surface area contributed by atoms with E-state index in [1.54, 1.807) is 6.92 Å². The second-order valence-electron chi connectivity index (χ2n) is 5.23. The van der Waals surface area contributed by atoms with Crippen LogP contribution in [-0.4, -0.2) is 23.5 Å². The lowest BCUT2D eigenvalue weighted by Gasteiger charge is -2.13. The van der Waals surface area contributed by atoms with Gasteiger partial charge in [0.15, 0.2) is 6.61 Å². The van der Waals surface area contributed by atoms with Crippen molar-refractivity contribution in [2.24, 2.45) is 0 Å². The highest BCUT2D eigenvalue weighted by Gasteiger charge is 2.17. The van der Waals surface area contributed by atoms with Crippen molar-refractivity contribution in [2.75, 3.05) is 11.9 Å². The van der Waals surface area contributed by atoms with E-state index in [2.05, 4.69) is 10.3 Å². The first-order valence-corrected chi connectivity index (χ1v) is 8.23. The summed E-state index contributed by atoms with van der Waals surface area (Å²) in [6.07, 6.45) is 0.816.